The number of hydrogen-bond acceptors (Lipinski definition) is 4. The molecule has 0 radical (unpaired) electrons. The Labute approximate surface area is 119 Å². The van der Waals surface area contributed by atoms with Crippen molar-refractivity contribution in [3.05, 3.63) is 0 Å². The topological polar surface area (TPSA) is 41.7 Å². The smallest absolute Gasteiger partial charge is 0.0513 e. The molecule has 0 bridgehead atoms. The lowest BCUT2D eigenvalue weighted by atomic mass is 9.82. The van der Waals surface area contributed by atoms with E-state index >= 15 is 0 Å². The minimum Gasteiger partial charge on any atom is -0.381 e. The molecule has 0 aromatic rings. The van der Waals surface area contributed by atoms with Gasteiger partial charge in [0, 0.05) is 44.2 Å². The lowest BCUT2D eigenvalue weighted by molar-refractivity contribution is 0.0316. The fourth-order valence-electron chi connectivity index (χ4n) is 2.90. The van der Waals surface area contributed by atoms with E-state index in [1.54, 1.807) is 0 Å². The summed E-state index contributed by atoms with van der Waals surface area (Å²) in [6.45, 7) is 12.6. The van der Waals surface area contributed by atoms with Crippen molar-refractivity contribution in [2.75, 3.05) is 53.5 Å². The van der Waals surface area contributed by atoms with Gasteiger partial charge in [-0.3, -0.25) is 4.90 Å². The summed E-state index contributed by atoms with van der Waals surface area (Å²) in [5, 5.41) is 0. The van der Waals surface area contributed by atoms with Crippen molar-refractivity contribution in [2.24, 2.45) is 17.6 Å². The van der Waals surface area contributed by atoms with Crippen molar-refractivity contribution < 1.29 is 4.74 Å². The Balaban J connectivity index is 2.77. The Morgan fingerprint density at radius 1 is 1.32 bits per heavy atom. The van der Waals surface area contributed by atoms with Crippen molar-refractivity contribution in [1.29, 1.82) is 0 Å². The Hall–Kier alpha value is -0.160. The van der Waals surface area contributed by atoms with Crippen LogP contribution in [0.25, 0.3) is 0 Å². The predicted molar refractivity (Wildman–Crippen MR) is 81.4 cm³/mol. The number of rotatable bonds is 8. The first-order chi connectivity index (χ1) is 8.90. The van der Waals surface area contributed by atoms with Crippen molar-refractivity contribution in [3.8, 4) is 0 Å². The molecular formula is C15H33N3O. The first-order valence-electron chi connectivity index (χ1n) is 7.57. The van der Waals surface area contributed by atoms with E-state index in [1.807, 2.05) is 0 Å². The summed E-state index contributed by atoms with van der Waals surface area (Å²) in [7, 11) is 4.26. The summed E-state index contributed by atoms with van der Waals surface area (Å²) in [6.07, 6.45) is 1.14. The predicted octanol–water partition coefficient (Wildman–Crippen LogP) is 1.26. The highest BCUT2D eigenvalue weighted by Crippen LogP contribution is 2.31. The number of ether oxygens (including phenoxy) is 1. The van der Waals surface area contributed by atoms with E-state index in [4.69, 9.17) is 10.5 Å². The van der Waals surface area contributed by atoms with Crippen LogP contribution in [-0.2, 0) is 4.74 Å². The summed E-state index contributed by atoms with van der Waals surface area (Å²) in [5.74, 6) is 1.23. The zero-order chi connectivity index (χ0) is 14.5. The second-order valence-electron chi connectivity index (χ2n) is 6.76. The van der Waals surface area contributed by atoms with E-state index in [1.165, 1.54) is 0 Å². The molecule has 2 atom stereocenters. The summed E-state index contributed by atoms with van der Waals surface area (Å²) in [6, 6.07) is 0. The van der Waals surface area contributed by atoms with Crippen LogP contribution in [0.1, 0.15) is 27.2 Å². The number of hydrogen-bond donors (Lipinski definition) is 1. The molecule has 1 saturated heterocycles. The summed E-state index contributed by atoms with van der Waals surface area (Å²) < 4.78 is 5.59. The van der Waals surface area contributed by atoms with Gasteiger partial charge in [0.05, 0.1) is 6.61 Å². The normalized spacial score (nSPS) is 23.5. The maximum absolute atomic E-state index is 6.16. The summed E-state index contributed by atoms with van der Waals surface area (Å²) >= 11 is 0. The molecule has 0 aromatic carbocycles. The molecule has 114 valence electrons. The minimum atomic E-state index is 0.0663. The molecule has 4 heteroatoms. The van der Waals surface area contributed by atoms with Gasteiger partial charge in [-0.05, 0) is 33.4 Å². The molecular weight excluding hydrogens is 238 g/mol. The first kappa shape index (κ1) is 16.9. The summed E-state index contributed by atoms with van der Waals surface area (Å²) in [4.78, 5) is 4.84. The van der Waals surface area contributed by atoms with Gasteiger partial charge in [0.1, 0.15) is 0 Å². The Morgan fingerprint density at radius 2 is 2.00 bits per heavy atom. The second kappa shape index (κ2) is 7.58. The molecule has 0 amide bonds. The van der Waals surface area contributed by atoms with Crippen LogP contribution in [0.4, 0.5) is 0 Å². The van der Waals surface area contributed by atoms with Crippen LogP contribution in [-0.4, -0.2) is 68.8 Å². The fraction of sp³-hybridized carbons (Fsp3) is 1.00. The van der Waals surface area contributed by atoms with Crippen LogP contribution in [0.15, 0.2) is 0 Å². The number of nitrogens with two attached hydrogens (primary N) is 1. The van der Waals surface area contributed by atoms with Crippen molar-refractivity contribution in [3.63, 3.8) is 0 Å². The van der Waals surface area contributed by atoms with E-state index in [-0.39, 0.29) is 5.54 Å². The highest BCUT2D eigenvalue weighted by Gasteiger charge is 2.40. The maximum atomic E-state index is 6.16. The minimum absolute atomic E-state index is 0.0663. The van der Waals surface area contributed by atoms with Crippen molar-refractivity contribution in [1.82, 2.24) is 9.80 Å². The molecule has 1 rings (SSSR count). The van der Waals surface area contributed by atoms with Crippen LogP contribution in [0.5, 0.6) is 0 Å². The molecule has 1 aliphatic heterocycles. The van der Waals surface area contributed by atoms with E-state index < -0.39 is 0 Å². The van der Waals surface area contributed by atoms with E-state index in [0.717, 1.165) is 39.3 Å². The quantitative estimate of drug-likeness (QED) is 0.722. The molecule has 1 aliphatic rings. The molecule has 0 spiro atoms. The number of likely N-dealkylation sites (N-methyl/N-ethyl adjacent to an activating group) is 1. The van der Waals surface area contributed by atoms with Gasteiger partial charge in [-0.25, -0.2) is 0 Å². The van der Waals surface area contributed by atoms with Crippen LogP contribution in [0.2, 0.25) is 0 Å². The molecule has 1 fully saturated rings. The molecule has 2 N–H and O–H groups in total. The van der Waals surface area contributed by atoms with Gasteiger partial charge in [0.15, 0.2) is 0 Å². The lowest BCUT2D eigenvalue weighted by Gasteiger charge is -2.45. The van der Waals surface area contributed by atoms with Crippen molar-refractivity contribution >= 4 is 0 Å². The highest BCUT2D eigenvalue weighted by atomic mass is 16.5. The lowest BCUT2D eigenvalue weighted by Crippen LogP contribution is -2.59. The van der Waals surface area contributed by atoms with Crippen LogP contribution in [0.3, 0.4) is 0 Å². The van der Waals surface area contributed by atoms with Gasteiger partial charge in [0.25, 0.3) is 0 Å². The van der Waals surface area contributed by atoms with Gasteiger partial charge in [-0.1, -0.05) is 13.8 Å². The largest absolute Gasteiger partial charge is 0.381 e. The molecule has 0 saturated carbocycles. The van der Waals surface area contributed by atoms with E-state index in [2.05, 4.69) is 44.7 Å². The van der Waals surface area contributed by atoms with Gasteiger partial charge >= 0.3 is 0 Å². The van der Waals surface area contributed by atoms with Gasteiger partial charge < -0.3 is 15.4 Å². The van der Waals surface area contributed by atoms with E-state index in [9.17, 15) is 0 Å². The average Bonchev–Trinajstić information content (AvgIpc) is 2.87. The van der Waals surface area contributed by atoms with Gasteiger partial charge in [0.2, 0.25) is 0 Å². The van der Waals surface area contributed by atoms with Crippen molar-refractivity contribution in [2.45, 2.75) is 32.7 Å². The molecule has 2 unspecified atom stereocenters. The fourth-order valence-corrected chi connectivity index (χ4v) is 2.90. The average molecular weight is 271 g/mol. The summed E-state index contributed by atoms with van der Waals surface area (Å²) in [5.41, 5.74) is 6.23. The third-order valence-corrected chi connectivity index (χ3v) is 4.35. The Morgan fingerprint density at radius 3 is 2.42 bits per heavy atom. The second-order valence-corrected chi connectivity index (χ2v) is 6.76. The third-order valence-electron chi connectivity index (χ3n) is 4.35. The van der Waals surface area contributed by atoms with E-state index in [0.29, 0.717) is 18.4 Å². The standard InChI is InChI=1S/C15H33N3O/c1-13(2)10-18(8-7-17(4)5)15(3,12-16)14-6-9-19-11-14/h13-14H,6-12,16H2,1-5H3. The SMILES string of the molecule is CC(C)CN(CCN(C)C)C(C)(CN)C1CCOC1. The van der Waals surface area contributed by atoms with Crippen LogP contribution < -0.4 is 5.73 Å². The first-order valence-corrected chi connectivity index (χ1v) is 7.57. The molecule has 0 aromatic heterocycles. The van der Waals surface area contributed by atoms with Crippen LogP contribution >= 0.6 is 0 Å². The Kier molecular flexibility index (Phi) is 6.74. The van der Waals surface area contributed by atoms with Gasteiger partial charge in [-0.15, -0.1) is 0 Å². The highest BCUT2D eigenvalue weighted by molar-refractivity contribution is 4.95. The zero-order valence-electron chi connectivity index (χ0n) is 13.5. The maximum Gasteiger partial charge on any atom is 0.0513 e. The molecule has 4 nitrogen and oxygen atoms in total. The monoisotopic (exact) mass is 271 g/mol. The zero-order valence-corrected chi connectivity index (χ0v) is 13.5. The molecule has 1 heterocycles. The van der Waals surface area contributed by atoms with Gasteiger partial charge in [-0.2, -0.15) is 0 Å². The molecule has 0 aliphatic carbocycles. The Bertz CT molecular complexity index is 252. The third kappa shape index (κ3) is 4.71. The molecule has 19 heavy (non-hydrogen) atoms. The number of nitrogens with zero attached hydrogens (tertiary/aromatic N) is 2. The van der Waals surface area contributed by atoms with Crippen LogP contribution in [0, 0.1) is 11.8 Å².